The van der Waals surface area contributed by atoms with Gasteiger partial charge in [0.05, 0.1) is 6.61 Å². The molecule has 1 aromatic heterocycles. The van der Waals surface area contributed by atoms with Crippen LogP contribution in [0, 0.1) is 12.3 Å². The summed E-state index contributed by atoms with van der Waals surface area (Å²) in [6.07, 6.45) is 1.49. The monoisotopic (exact) mass is 554 g/mol. The normalized spacial score (nSPS) is 25.7. The van der Waals surface area contributed by atoms with Gasteiger partial charge in [-0.15, -0.1) is 0 Å². The second kappa shape index (κ2) is 9.94. The van der Waals surface area contributed by atoms with Crippen molar-refractivity contribution in [3.05, 3.63) is 140 Å². The summed E-state index contributed by atoms with van der Waals surface area (Å²) in [5, 5.41) is 12.3. The molecule has 1 fully saturated rings. The minimum atomic E-state index is -1.48. The van der Waals surface area contributed by atoms with E-state index in [9.17, 15) is 14.7 Å². The molecular formula is C34H38N2O5. The maximum absolute atomic E-state index is 13.1. The molecule has 41 heavy (non-hydrogen) atoms. The van der Waals surface area contributed by atoms with Crippen molar-refractivity contribution in [3.63, 3.8) is 0 Å². The Hall–Kier alpha value is -3.78. The van der Waals surface area contributed by atoms with Gasteiger partial charge in [0.1, 0.15) is 16.8 Å². The highest BCUT2D eigenvalue weighted by molar-refractivity contribution is 5.47. The molecule has 0 aliphatic carbocycles. The first-order valence-electron chi connectivity index (χ1n) is 13.9. The number of aromatic nitrogens is 2. The van der Waals surface area contributed by atoms with Crippen molar-refractivity contribution in [1.82, 2.24) is 9.55 Å². The molecule has 0 radical (unpaired) electrons. The average Bonchev–Trinajstić information content (AvgIpc) is 3.07. The van der Waals surface area contributed by atoms with Crippen LogP contribution < -0.4 is 11.2 Å². The van der Waals surface area contributed by atoms with Crippen LogP contribution >= 0.6 is 0 Å². The first-order valence-corrected chi connectivity index (χ1v) is 13.9. The molecule has 7 heteroatoms. The van der Waals surface area contributed by atoms with Crippen molar-refractivity contribution < 1.29 is 14.6 Å². The maximum Gasteiger partial charge on any atom is 0.330 e. The van der Waals surface area contributed by atoms with Crippen LogP contribution in [-0.4, -0.2) is 32.5 Å². The summed E-state index contributed by atoms with van der Waals surface area (Å²) >= 11 is 0. The number of nitrogens with one attached hydrogen (secondary N) is 1. The van der Waals surface area contributed by atoms with Crippen molar-refractivity contribution in [1.29, 1.82) is 0 Å². The van der Waals surface area contributed by atoms with Crippen molar-refractivity contribution in [3.8, 4) is 0 Å². The van der Waals surface area contributed by atoms with Gasteiger partial charge < -0.3 is 14.6 Å². The number of H-pyrrole nitrogens is 1. The van der Waals surface area contributed by atoms with Gasteiger partial charge in [-0.2, -0.15) is 0 Å². The highest BCUT2D eigenvalue weighted by atomic mass is 16.6. The SMILES string of the molecule is Cc1cn([C@]2(C)O[C@](C)(COC(c3ccccc3)(c3ccccc3)c3ccccc3)[C@](C)(O)C2(C)C)c(=O)[nH]c1=O. The lowest BCUT2D eigenvalue weighted by atomic mass is 9.65. The second-order valence-corrected chi connectivity index (χ2v) is 12.0. The Labute approximate surface area is 240 Å². The van der Waals surface area contributed by atoms with Gasteiger partial charge in [-0.3, -0.25) is 14.3 Å². The van der Waals surface area contributed by atoms with E-state index in [0.717, 1.165) is 16.7 Å². The van der Waals surface area contributed by atoms with E-state index >= 15 is 0 Å². The number of hydrogen-bond donors (Lipinski definition) is 2. The molecule has 4 aromatic rings. The summed E-state index contributed by atoms with van der Waals surface area (Å²) in [6.45, 7) is 10.7. The van der Waals surface area contributed by atoms with Crippen molar-refractivity contribution in [2.45, 2.75) is 64.1 Å². The molecule has 1 saturated heterocycles. The predicted molar refractivity (Wildman–Crippen MR) is 159 cm³/mol. The Morgan fingerprint density at radius 1 is 0.805 bits per heavy atom. The predicted octanol–water partition coefficient (Wildman–Crippen LogP) is 5.09. The van der Waals surface area contributed by atoms with Crippen molar-refractivity contribution in [2.75, 3.05) is 6.61 Å². The Bertz CT molecular complexity index is 1550. The molecule has 7 nitrogen and oxygen atoms in total. The van der Waals surface area contributed by atoms with Crippen LogP contribution in [-0.2, 0) is 20.8 Å². The van der Waals surface area contributed by atoms with Crippen LogP contribution in [0.1, 0.15) is 56.9 Å². The molecule has 214 valence electrons. The number of aryl methyl sites for hydroxylation is 1. The van der Waals surface area contributed by atoms with Gasteiger partial charge >= 0.3 is 5.69 Å². The molecule has 0 unspecified atom stereocenters. The third-order valence-electron chi connectivity index (χ3n) is 9.52. The van der Waals surface area contributed by atoms with E-state index in [2.05, 4.69) is 4.98 Å². The van der Waals surface area contributed by atoms with Gasteiger partial charge in [-0.1, -0.05) is 105 Å². The molecule has 0 saturated carbocycles. The van der Waals surface area contributed by atoms with Crippen LogP contribution in [0.15, 0.2) is 107 Å². The van der Waals surface area contributed by atoms with E-state index in [1.54, 1.807) is 20.8 Å². The molecule has 2 N–H and O–H groups in total. The number of hydrogen-bond acceptors (Lipinski definition) is 5. The Kier molecular flexibility index (Phi) is 6.97. The number of rotatable bonds is 7. The van der Waals surface area contributed by atoms with E-state index in [-0.39, 0.29) is 6.61 Å². The Morgan fingerprint density at radius 2 is 1.24 bits per heavy atom. The summed E-state index contributed by atoms with van der Waals surface area (Å²) in [7, 11) is 0. The summed E-state index contributed by atoms with van der Waals surface area (Å²) in [5.74, 6) is 0. The van der Waals surface area contributed by atoms with Gasteiger partial charge in [0.25, 0.3) is 5.56 Å². The molecule has 3 atom stereocenters. The van der Waals surface area contributed by atoms with E-state index in [4.69, 9.17) is 9.47 Å². The zero-order valence-corrected chi connectivity index (χ0v) is 24.5. The fourth-order valence-electron chi connectivity index (χ4n) is 6.20. The topological polar surface area (TPSA) is 93.6 Å². The molecular weight excluding hydrogens is 516 g/mol. The minimum absolute atomic E-state index is 0.0191. The lowest BCUT2D eigenvalue weighted by Gasteiger charge is -2.45. The third-order valence-corrected chi connectivity index (χ3v) is 9.52. The van der Waals surface area contributed by atoms with E-state index in [1.165, 1.54) is 10.8 Å². The minimum Gasteiger partial charge on any atom is -0.386 e. The largest absolute Gasteiger partial charge is 0.386 e. The van der Waals surface area contributed by atoms with Gasteiger partial charge in [0.2, 0.25) is 0 Å². The van der Waals surface area contributed by atoms with E-state index in [1.807, 2.05) is 112 Å². The lowest BCUT2D eigenvalue weighted by Crippen LogP contribution is -2.58. The molecule has 2 heterocycles. The average molecular weight is 555 g/mol. The van der Waals surface area contributed by atoms with Gasteiger partial charge in [-0.25, -0.2) is 4.79 Å². The van der Waals surface area contributed by atoms with Crippen molar-refractivity contribution >= 4 is 0 Å². The molecule has 1 aliphatic rings. The molecule has 3 aromatic carbocycles. The highest BCUT2D eigenvalue weighted by Crippen LogP contribution is 2.60. The molecule has 0 bridgehead atoms. The summed E-state index contributed by atoms with van der Waals surface area (Å²) in [4.78, 5) is 27.6. The second-order valence-electron chi connectivity index (χ2n) is 12.0. The smallest absolute Gasteiger partial charge is 0.330 e. The number of benzene rings is 3. The first kappa shape index (κ1) is 28.7. The standard InChI is InChI=1S/C34H38N2O5/c1-24-22-36(29(38)35-28(24)37)33(6)30(2,3)32(5,39)31(4,41-33)23-40-34(25-16-10-7-11-17-25,26-18-12-8-13-19-26)27-20-14-9-15-21-27/h7-22,39H,23H2,1-6H3,(H,35,37,38)/t31-,32-,33-/m1/s1. The molecule has 5 rings (SSSR count). The zero-order chi connectivity index (χ0) is 29.7. The van der Waals surface area contributed by atoms with Crippen LogP contribution in [0.5, 0.6) is 0 Å². The van der Waals surface area contributed by atoms with Crippen LogP contribution in [0.2, 0.25) is 0 Å². The molecule has 0 spiro atoms. The van der Waals surface area contributed by atoms with Gasteiger partial charge in [-0.05, 0) is 44.4 Å². The third kappa shape index (κ3) is 4.22. The maximum atomic E-state index is 13.1. The number of nitrogens with zero attached hydrogens (tertiary/aromatic N) is 1. The fourth-order valence-corrected chi connectivity index (χ4v) is 6.20. The number of ether oxygens (including phenoxy) is 2. The van der Waals surface area contributed by atoms with Crippen molar-refractivity contribution in [2.24, 2.45) is 5.41 Å². The lowest BCUT2D eigenvalue weighted by molar-refractivity contribution is -0.202. The van der Waals surface area contributed by atoms with E-state index < -0.39 is 39.2 Å². The molecule has 0 amide bonds. The van der Waals surface area contributed by atoms with Gasteiger partial charge in [0.15, 0.2) is 5.72 Å². The van der Waals surface area contributed by atoms with Crippen LogP contribution in [0.25, 0.3) is 0 Å². The number of aromatic amines is 1. The van der Waals surface area contributed by atoms with Crippen LogP contribution in [0.4, 0.5) is 0 Å². The van der Waals surface area contributed by atoms with E-state index in [0.29, 0.717) is 5.56 Å². The Balaban J connectivity index is 1.66. The summed E-state index contributed by atoms with van der Waals surface area (Å²) in [5.41, 5.74) is -4.03. The van der Waals surface area contributed by atoms with Crippen LogP contribution in [0.3, 0.4) is 0 Å². The molecule has 1 aliphatic heterocycles. The quantitative estimate of drug-likeness (QED) is 0.311. The highest BCUT2D eigenvalue weighted by Gasteiger charge is 2.71. The number of aliphatic hydroxyl groups is 1. The fraction of sp³-hybridized carbons (Fsp3) is 0.353. The summed E-state index contributed by atoms with van der Waals surface area (Å²) < 4.78 is 15.3. The van der Waals surface area contributed by atoms with Gasteiger partial charge in [0, 0.05) is 17.2 Å². The zero-order valence-electron chi connectivity index (χ0n) is 24.5. The summed E-state index contributed by atoms with van der Waals surface area (Å²) in [6, 6.07) is 30.0. The Morgan fingerprint density at radius 3 is 1.68 bits per heavy atom. The first-order chi connectivity index (χ1) is 19.3.